The van der Waals surface area contributed by atoms with Gasteiger partial charge in [-0.3, -0.25) is 0 Å². The summed E-state index contributed by atoms with van der Waals surface area (Å²) < 4.78 is 34.9. The Hall–Kier alpha value is -0.910. The minimum atomic E-state index is -4.35. The average molecular weight is 596 g/mol. The molecule has 0 saturated heterocycles. The van der Waals surface area contributed by atoms with Crippen LogP contribution in [-0.2, 0) is 16.5 Å². The molecule has 0 atom stereocenters. The van der Waals surface area contributed by atoms with Gasteiger partial charge in [0.1, 0.15) is 10.1 Å². The van der Waals surface area contributed by atoms with Crippen LogP contribution in [0.3, 0.4) is 0 Å². The lowest BCUT2D eigenvalue weighted by Crippen LogP contribution is -2.48. The van der Waals surface area contributed by atoms with Crippen LogP contribution in [0.1, 0.15) is 169 Å². The van der Waals surface area contributed by atoms with E-state index >= 15 is 0 Å². The SMILES string of the molecule is CCCCCCCCCCCC[N+](CC)(CC)CC.CCCCCCCCCCCCc1ccccc1S(=O)(=O)[O-]. The maximum absolute atomic E-state index is 11.2. The van der Waals surface area contributed by atoms with Crippen LogP contribution in [0.15, 0.2) is 29.2 Å². The summed E-state index contributed by atoms with van der Waals surface area (Å²) in [7, 11) is -4.35. The second-order valence-corrected chi connectivity index (χ2v) is 13.5. The molecule has 0 aromatic heterocycles. The van der Waals surface area contributed by atoms with Gasteiger partial charge in [-0.25, -0.2) is 8.42 Å². The first-order valence-electron chi connectivity index (χ1n) is 17.7. The fourth-order valence-electron chi connectivity index (χ4n) is 5.84. The number of aryl methyl sites for hydroxylation is 1. The molecular formula is C36H69NO3S. The smallest absolute Gasteiger partial charge is 0.124 e. The van der Waals surface area contributed by atoms with E-state index in [-0.39, 0.29) is 4.90 Å². The molecule has 0 amide bonds. The maximum atomic E-state index is 11.2. The van der Waals surface area contributed by atoms with Gasteiger partial charge >= 0.3 is 0 Å². The van der Waals surface area contributed by atoms with Gasteiger partial charge in [-0.1, -0.05) is 141 Å². The first kappa shape index (κ1) is 40.1. The Bertz CT molecular complexity index is 797. The second kappa shape index (κ2) is 26.7. The number of unbranched alkanes of at least 4 members (excludes halogenated alkanes) is 18. The van der Waals surface area contributed by atoms with E-state index in [0.717, 1.165) is 12.8 Å². The van der Waals surface area contributed by atoms with Crippen molar-refractivity contribution in [1.29, 1.82) is 0 Å². The molecule has 0 bridgehead atoms. The molecule has 1 aromatic carbocycles. The van der Waals surface area contributed by atoms with Crippen molar-refractivity contribution < 1.29 is 17.5 Å². The van der Waals surface area contributed by atoms with Crippen LogP contribution in [0.2, 0.25) is 0 Å². The molecule has 0 N–H and O–H groups in total. The van der Waals surface area contributed by atoms with E-state index in [1.807, 2.05) is 0 Å². The predicted molar refractivity (Wildman–Crippen MR) is 179 cm³/mol. The molecule has 242 valence electrons. The zero-order valence-electron chi connectivity index (χ0n) is 28.1. The van der Waals surface area contributed by atoms with Crippen LogP contribution >= 0.6 is 0 Å². The minimum Gasteiger partial charge on any atom is -0.744 e. The van der Waals surface area contributed by atoms with E-state index < -0.39 is 10.1 Å². The highest BCUT2D eigenvalue weighted by molar-refractivity contribution is 7.85. The Kier molecular flexibility index (Phi) is 26.1. The van der Waals surface area contributed by atoms with Crippen molar-refractivity contribution in [1.82, 2.24) is 0 Å². The number of benzene rings is 1. The normalized spacial score (nSPS) is 11.9. The molecule has 0 unspecified atom stereocenters. The first-order chi connectivity index (χ1) is 19.8. The van der Waals surface area contributed by atoms with Gasteiger partial charge < -0.3 is 9.04 Å². The van der Waals surface area contributed by atoms with Crippen LogP contribution in [0.25, 0.3) is 0 Å². The Labute approximate surface area is 257 Å². The number of rotatable bonds is 26. The van der Waals surface area contributed by atoms with Crippen molar-refractivity contribution in [3.8, 4) is 0 Å². The van der Waals surface area contributed by atoms with E-state index in [1.165, 1.54) is 152 Å². The van der Waals surface area contributed by atoms with Gasteiger partial charge in [-0.15, -0.1) is 0 Å². The summed E-state index contributed by atoms with van der Waals surface area (Å²) in [6, 6.07) is 6.56. The largest absolute Gasteiger partial charge is 0.744 e. The van der Waals surface area contributed by atoms with Gasteiger partial charge in [0.15, 0.2) is 0 Å². The Morgan fingerprint density at radius 1 is 0.537 bits per heavy atom. The van der Waals surface area contributed by atoms with Gasteiger partial charge in [0.2, 0.25) is 0 Å². The molecule has 0 saturated carbocycles. The fraction of sp³-hybridized carbons (Fsp3) is 0.833. The van der Waals surface area contributed by atoms with Gasteiger partial charge in [-0.2, -0.15) is 0 Å². The molecule has 0 aliphatic carbocycles. The highest BCUT2D eigenvalue weighted by Gasteiger charge is 2.19. The Balaban J connectivity index is 0.000000790. The van der Waals surface area contributed by atoms with E-state index in [2.05, 4.69) is 34.6 Å². The fourth-order valence-corrected chi connectivity index (χ4v) is 6.57. The number of hydrogen-bond donors (Lipinski definition) is 0. The van der Waals surface area contributed by atoms with E-state index in [1.54, 1.807) is 18.2 Å². The maximum Gasteiger partial charge on any atom is 0.124 e. The standard InChI is InChI=1S/C18H40N.C18H30O3S/c1-5-9-10-11-12-13-14-15-16-17-18-19(6-2,7-3)8-4;1-2-3-4-5-6-7-8-9-10-11-14-17-15-12-13-16-18(17)22(19,20)21/h5-18H2,1-4H3;12-13,15-16H,2-11,14H2,1H3,(H,19,20,21)/q+1;/p-1. The summed E-state index contributed by atoms with van der Waals surface area (Å²) in [4.78, 5) is -0.0501. The predicted octanol–water partition coefficient (Wildman–Crippen LogP) is 10.8. The Morgan fingerprint density at radius 3 is 1.29 bits per heavy atom. The van der Waals surface area contributed by atoms with Crippen molar-refractivity contribution in [3.05, 3.63) is 29.8 Å². The monoisotopic (exact) mass is 595 g/mol. The van der Waals surface area contributed by atoms with Gasteiger partial charge in [0.25, 0.3) is 0 Å². The van der Waals surface area contributed by atoms with Gasteiger partial charge in [-0.05, 0) is 58.1 Å². The molecule has 5 heteroatoms. The van der Waals surface area contributed by atoms with Crippen molar-refractivity contribution in [2.24, 2.45) is 0 Å². The van der Waals surface area contributed by atoms with Crippen LogP contribution in [0.4, 0.5) is 0 Å². The molecular weight excluding hydrogens is 526 g/mol. The lowest BCUT2D eigenvalue weighted by atomic mass is 10.0. The molecule has 0 heterocycles. The summed E-state index contributed by atoms with van der Waals surface area (Å²) >= 11 is 0. The number of hydrogen-bond acceptors (Lipinski definition) is 3. The summed E-state index contributed by atoms with van der Waals surface area (Å²) in [5.41, 5.74) is 0.664. The molecule has 41 heavy (non-hydrogen) atoms. The molecule has 1 rings (SSSR count). The summed E-state index contributed by atoms with van der Waals surface area (Å²) in [5.74, 6) is 0. The zero-order chi connectivity index (χ0) is 30.7. The third-order valence-corrected chi connectivity index (χ3v) is 9.98. The molecule has 0 radical (unpaired) electrons. The average Bonchev–Trinajstić information content (AvgIpc) is 2.97. The molecule has 0 fully saturated rings. The van der Waals surface area contributed by atoms with E-state index in [9.17, 15) is 13.0 Å². The van der Waals surface area contributed by atoms with Crippen LogP contribution in [0, 0.1) is 0 Å². The number of quaternary nitrogens is 1. The molecule has 0 spiro atoms. The minimum absolute atomic E-state index is 0.0501. The lowest BCUT2D eigenvalue weighted by molar-refractivity contribution is -0.923. The second-order valence-electron chi connectivity index (χ2n) is 12.2. The van der Waals surface area contributed by atoms with Crippen molar-refractivity contribution in [2.75, 3.05) is 26.2 Å². The van der Waals surface area contributed by atoms with Gasteiger partial charge in [0, 0.05) is 0 Å². The zero-order valence-corrected chi connectivity index (χ0v) is 28.9. The van der Waals surface area contributed by atoms with Crippen molar-refractivity contribution >= 4 is 10.1 Å². The number of nitrogens with zero attached hydrogens (tertiary/aromatic N) is 1. The quantitative estimate of drug-likeness (QED) is 0.0608. The van der Waals surface area contributed by atoms with E-state index in [0.29, 0.717) is 12.0 Å². The lowest BCUT2D eigenvalue weighted by Gasteiger charge is -2.35. The third kappa shape index (κ3) is 21.4. The molecule has 0 aliphatic rings. The summed E-state index contributed by atoms with van der Waals surface area (Å²) in [6.45, 7) is 16.9. The van der Waals surface area contributed by atoms with Gasteiger partial charge in [0.05, 0.1) is 31.1 Å². The Morgan fingerprint density at radius 2 is 0.902 bits per heavy atom. The highest BCUT2D eigenvalue weighted by atomic mass is 32.2. The van der Waals surface area contributed by atoms with Crippen molar-refractivity contribution in [3.63, 3.8) is 0 Å². The van der Waals surface area contributed by atoms with Crippen molar-refractivity contribution in [2.45, 2.75) is 174 Å². The topological polar surface area (TPSA) is 57.2 Å². The molecule has 4 nitrogen and oxygen atoms in total. The van der Waals surface area contributed by atoms with Crippen LogP contribution < -0.4 is 0 Å². The summed E-state index contributed by atoms with van der Waals surface area (Å²) in [6.07, 6.45) is 27.6. The van der Waals surface area contributed by atoms with Crippen LogP contribution in [0.5, 0.6) is 0 Å². The van der Waals surface area contributed by atoms with E-state index in [4.69, 9.17) is 0 Å². The molecule has 0 aliphatic heterocycles. The van der Waals surface area contributed by atoms with Crippen LogP contribution in [-0.4, -0.2) is 43.6 Å². The summed E-state index contributed by atoms with van der Waals surface area (Å²) in [5, 5.41) is 0. The third-order valence-electron chi connectivity index (χ3n) is 9.04. The first-order valence-corrected chi connectivity index (χ1v) is 19.1. The molecule has 1 aromatic rings. The highest BCUT2D eigenvalue weighted by Crippen LogP contribution is 2.19.